The third kappa shape index (κ3) is 4.06. The van der Waals surface area contributed by atoms with Gasteiger partial charge in [0.25, 0.3) is 0 Å². The molecule has 0 spiro atoms. The van der Waals surface area contributed by atoms with Crippen molar-refractivity contribution in [3.8, 4) is 0 Å². The number of ketones is 1. The number of Topliss-reactive ketones (excluding diaryl/α,β-unsaturated/α-hetero) is 1. The minimum atomic E-state index is -0.938. The standard InChI is InChI=1S/C12H14O3S/c1-2-16-10-5-3-9(4-6-10)11(13)7-8-12(14)15/h3-6H,2,7-8H2,1H3,(H,14,15). The fraction of sp³-hybridized carbons (Fsp3) is 0.333. The molecule has 0 bridgehead atoms. The Hall–Kier alpha value is -1.29. The maximum atomic E-state index is 11.5. The van der Waals surface area contributed by atoms with Gasteiger partial charge in [0, 0.05) is 16.9 Å². The van der Waals surface area contributed by atoms with Crippen LogP contribution in [0.3, 0.4) is 0 Å². The Morgan fingerprint density at radius 3 is 2.31 bits per heavy atom. The van der Waals surface area contributed by atoms with Crippen molar-refractivity contribution in [3.63, 3.8) is 0 Å². The molecule has 86 valence electrons. The first-order valence-electron chi connectivity index (χ1n) is 5.11. The molecule has 0 heterocycles. The highest BCUT2D eigenvalue weighted by atomic mass is 32.2. The number of thioether (sulfide) groups is 1. The number of hydrogen-bond donors (Lipinski definition) is 1. The number of carbonyl (C=O) groups is 2. The summed E-state index contributed by atoms with van der Waals surface area (Å²) >= 11 is 1.71. The molecule has 16 heavy (non-hydrogen) atoms. The summed E-state index contributed by atoms with van der Waals surface area (Å²) in [6.45, 7) is 2.07. The van der Waals surface area contributed by atoms with E-state index in [0.717, 1.165) is 10.6 Å². The maximum absolute atomic E-state index is 11.5. The van der Waals surface area contributed by atoms with E-state index in [9.17, 15) is 9.59 Å². The number of hydrogen-bond acceptors (Lipinski definition) is 3. The van der Waals surface area contributed by atoms with Crippen LogP contribution in [0.2, 0.25) is 0 Å². The lowest BCUT2D eigenvalue weighted by molar-refractivity contribution is -0.136. The normalized spacial score (nSPS) is 10.1. The summed E-state index contributed by atoms with van der Waals surface area (Å²) < 4.78 is 0. The van der Waals surface area contributed by atoms with Gasteiger partial charge in [-0.15, -0.1) is 11.8 Å². The second-order valence-corrected chi connectivity index (χ2v) is 4.61. The zero-order valence-electron chi connectivity index (χ0n) is 9.10. The zero-order chi connectivity index (χ0) is 12.0. The van der Waals surface area contributed by atoms with Crippen molar-refractivity contribution in [3.05, 3.63) is 29.8 Å². The van der Waals surface area contributed by atoms with Crippen molar-refractivity contribution < 1.29 is 14.7 Å². The predicted molar refractivity (Wildman–Crippen MR) is 64.0 cm³/mol. The van der Waals surface area contributed by atoms with Gasteiger partial charge in [-0.25, -0.2) is 0 Å². The molecule has 0 saturated carbocycles. The Labute approximate surface area is 98.9 Å². The van der Waals surface area contributed by atoms with Crippen LogP contribution in [0.1, 0.15) is 30.1 Å². The Balaban J connectivity index is 2.59. The fourth-order valence-electron chi connectivity index (χ4n) is 1.27. The number of carbonyl (C=O) groups excluding carboxylic acids is 1. The molecule has 0 aliphatic heterocycles. The zero-order valence-corrected chi connectivity index (χ0v) is 9.92. The molecule has 0 aromatic heterocycles. The van der Waals surface area contributed by atoms with Gasteiger partial charge in [0.2, 0.25) is 0 Å². The summed E-state index contributed by atoms with van der Waals surface area (Å²) in [7, 11) is 0. The summed E-state index contributed by atoms with van der Waals surface area (Å²) in [5, 5.41) is 8.47. The van der Waals surface area contributed by atoms with Gasteiger partial charge in [-0.2, -0.15) is 0 Å². The third-order valence-corrected chi connectivity index (χ3v) is 2.95. The molecule has 0 atom stereocenters. The van der Waals surface area contributed by atoms with Gasteiger partial charge in [-0.1, -0.05) is 19.1 Å². The molecule has 0 aliphatic rings. The van der Waals surface area contributed by atoms with E-state index in [4.69, 9.17) is 5.11 Å². The monoisotopic (exact) mass is 238 g/mol. The highest BCUT2D eigenvalue weighted by molar-refractivity contribution is 7.99. The lowest BCUT2D eigenvalue weighted by atomic mass is 10.1. The molecule has 3 nitrogen and oxygen atoms in total. The molecule has 0 fully saturated rings. The van der Waals surface area contributed by atoms with Crippen molar-refractivity contribution in [2.24, 2.45) is 0 Å². The third-order valence-electron chi connectivity index (χ3n) is 2.05. The molecule has 1 aromatic carbocycles. The van der Waals surface area contributed by atoms with E-state index in [-0.39, 0.29) is 18.6 Å². The Morgan fingerprint density at radius 2 is 1.81 bits per heavy atom. The molecule has 1 N–H and O–H groups in total. The van der Waals surface area contributed by atoms with E-state index < -0.39 is 5.97 Å². The fourth-order valence-corrected chi connectivity index (χ4v) is 1.93. The minimum Gasteiger partial charge on any atom is -0.481 e. The highest BCUT2D eigenvalue weighted by Crippen LogP contribution is 2.18. The van der Waals surface area contributed by atoms with Gasteiger partial charge >= 0.3 is 5.97 Å². The summed E-state index contributed by atoms with van der Waals surface area (Å²) in [6.07, 6.45) is -0.0418. The van der Waals surface area contributed by atoms with Crippen molar-refractivity contribution in [1.82, 2.24) is 0 Å². The van der Waals surface area contributed by atoms with Crippen LogP contribution in [0.15, 0.2) is 29.2 Å². The molecule has 0 saturated heterocycles. The van der Waals surface area contributed by atoms with E-state index in [1.165, 1.54) is 0 Å². The van der Waals surface area contributed by atoms with Crippen LogP contribution in [-0.2, 0) is 4.79 Å². The quantitative estimate of drug-likeness (QED) is 0.611. The van der Waals surface area contributed by atoms with Crippen LogP contribution in [-0.4, -0.2) is 22.6 Å². The van der Waals surface area contributed by atoms with Crippen molar-refractivity contribution in [2.75, 3.05) is 5.75 Å². The Bertz CT molecular complexity index is 370. The van der Waals surface area contributed by atoms with Crippen molar-refractivity contribution in [1.29, 1.82) is 0 Å². The lowest BCUT2D eigenvalue weighted by Gasteiger charge is -2.01. The minimum absolute atomic E-state index is 0.0651. The molecule has 1 aromatic rings. The van der Waals surface area contributed by atoms with Gasteiger partial charge in [0.15, 0.2) is 5.78 Å². The van der Waals surface area contributed by atoms with Gasteiger partial charge in [-0.3, -0.25) is 9.59 Å². The second kappa shape index (κ2) is 6.33. The SMILES string of the molecule is CCSc1ccc(C(=O)CCC(=O)O)cc1. The van der Waals surface area contributed by atoms with Crippen molar-refractivity contribution in [2.45, 2.75) is 24.7 Å². The number of carboxylic acids is 1. The molecule has 4 heteroatoms. The van der Waals surface area contributed by atoms with Gasteiger partial charge in [0.1, 0.15) is 0 Å². The van der Waals surface area contributed by atoms with E-state index in [0.29, 0.717) is 5.56 Å². The molecule has 0 radical (unpaired) electrons. The summed E-state index contributed by atoms with van der Waals surface area (Å²) in [5.41, 5.74) is 0.585. The largest absolute Gasteiger partial charge is 0.481 e. The number of carboxylic acid groups (broad SMARTS) is 1. The maximum Gasteiger partial charge on any atom is 0.303 e. The van der Waals surface area contributed by atoms with Crippen LogP contribution < -0.4 is 0 Å². The Kier molecular flexibility index (Phi) is 5.05. The molecule has 0 aliphatic carbocycles. The average molecular weight is 238 g/mol. The number of aliphatic carboxylic acids is 1. The van der Waals surface area contributed by atoms with E-state index in [1.54, 1.807) is 23.9 Å². The summed E-state index contributed by atoms with van der Waals surface area (Å²) in [5.74, 6) is -0.0614. The first-order chi connectivity index (χ1) is 7.63. The van der Waals surface area contributed by atoms with E-state index in [1.807, 2.05) is 12.1 Å². The highest BCUT2D eigenvalue weighted by Gasteiger charge is 2.08. The molecule has 0 unspecified atom stereocenters. The van der Waals surface area contributed by atoms with Gasteiger partial charge in [-0.05, 0) is 17.9 Å². The first-order valence-corrected chi connectivity index (χ1v) is 6.10. The smallest absolute Gasteiger partial charge is 0.303 e. The molecular weight excluding hydrogens is 224 g/mol. The van der Waals surface area contributed by atoms with Crippen molar-refractivity contribution >= 4 is 23.5 Å². The van der Waals surface area contributed by atoms with Crippen LogP contribution in [0.25, 0.3) is 0 Å². The molecular formula is C12H14O3S. The lowest BCUT2D eigenvalue weighted by Crippen LogP contribution is -2.03. The first kappa shape index (κ1) is 12.8. The van der Waals surface area contributed by atoms with Crippen LogP contribution in [0.4, 0.5) is 0 Å². The molecule has 0 amide bonds. The molecule has 1 rings (SSSR count). The van der Waals surface area contributed by atoms with Gasteiger partial charge in [0.05, 0.1) is 6.42 Å². The van der Waals surface area contributed by atoms with E-state index >= 15 is 0 Å². The average Bonchev–Trinajstić information content (AvgIpc) is 2.27. The summed E-state index contributed by atoms with van der Waals surface area (Å²) in [4.78, 5) is 23.0. The van der Waals surface area contributed by atoms with Crippen LogP contribution >= 0.6 is 11.8 Å². The second-order valence-electron chi connectivity index (χ2n) is 3.27. The Morgan fingerprint density at radius 1 is 1.19 bits per heavy atom. The van der Waals surface area contributed by atoms with E-state index in [2.05, 4.69) is 6.92 Å². The van der Waals surface area contributed by atoms with Gasteiger partial charge < -0.3 is 5.11 Å². The van der Waals surface area contributed by atoms with Crippen LogP contribution in [0, 0.1) is 0 Å². The predicted octanol–water partition coefficient (Wildman–Crippen LogP) is 2.85. The topological polar surface area (TPSA) is 54.4 Å². The number of benzene rings is 1. The number of rotatable bonds is 6. The summed E-state index contributed by atoms with van der Waals surface area (Å²) in [6, 6.07) is 7.29. The van der Waals surface area contributed by atoms with Crippen LogP contribution in [0.5, 0.6) is 0 Å².